The van der Waals surface area contributed by atoms with E-state index in [9.17, 15) is 4.39 Å². The lowest BCUT2D eigenvalue weighted by atomic mass is 10.1. The summed E-state index contributed by atoms with van der Waals surface area (Å²) in [5.74, 6) is 0.711. The maximum absolute atomic E-state index is 13.4. The van der Waals surface area contributed by atoms with Crippen molar-refractivity contribution < 1.29 is 9.13 Å². The lowest BCUT2D eigenvalue weighted by molar-refractivity contribution is 0.414. The molecule has 1 N–H and O–H groups in total. The Morgan fingerprint density at radius 1 is 1.05 bits per heavy atom. The minimum atomic E-state index is -0.153. The van der Waals surface area contributed by atoms with Crippen LogP contribution in [-0.4, -0.2) is 13.7 Å². The number of nitrogens with one attached hydrogen (secondary N) is 1. The molecule has 0 radical (unpaired) electrons. The number of hydrogen-bond acceptors (Lipinski definition) is 2. The van der Waals surface area contributed by atoms with Gasteiger partial charge in [-0.25, -0.2) is 4.39 Å². The zero-order valence-corrected chi connectivity index (χ0v) is 12.3. The zero-order valence-electron chi connectivity index (χ0n) is 11.4. The van der Waals surface area contributed by atoms with E-state index in [1.807, 2.05) is 30.3 Å². The zero-order chi connectivity index (χ0) is 13.5. The van der Waals surface area contributed by atoms with Crippen molar-refractivity contribution in [3.05, 3.63) is 65.5 Å². The van der Waals surface area contributed by atoms with Crippen LogP contribution in [0.1, 0.15) is 11.1 Å². The van der Waals surface area contributed by atoms with Gasteiger partial charge in [0.05, 0.1) is 7.11 Å². The summed E-state index contributed by atoms with van der Waals surface area (Å²) in [5, 5.41) is 3.25. The van der Waals surface area contributed by atoms with Crippen LogP contribution in [0.3, 0.4) is 0 Å². The van der Waals surface area contributed by atoms with Gasteiger partial charge in [-0.2, -0.15) is 0 Å². The number of ether oxygens (including phenoxy) is 1. The van der Waals surface area contributed by atoms with Crippen molar-refractivity contribution in [2.45, 2.75) is 13.0 Å². The Morgan fingerprint density at radius 3 is 2.40 bits per heavy atom. The smallest absolute Gasteiger partial charge is 0.127 e. The SMILES string of the molecule is COc1ccc(CCNCc2ccccc2F)cc1.Cl. The first-order chi connectivity index (χ1) is 9.29. The molecular weight excluding hydrogens is 277 g/mol. The van der Waals surface area contributed by atoms with Crippen molar-refractivity contribution in [3.63, 3.8) is 0 Å². The van der Waals surface area contributed by atoms with E-state index in [0.29, 0.717) is 12.1 Å². The summed E-state index contributed by atoms with van der Waals surface area (Å²) < 4.78 is 18.5. The number of benzene rings is 2. The second-order valence-corrected chi connectivity index (χ2v) is 4.37. The third-order valence-electron chi connectivity index (χ3n) is 3.02. The van der Waals surface area contributed by atoms with Crippen LogP contribution in [-0.2, 0) is 13.0 Å². The Kier molecular flexibility index (Phi) is 7.05. The molecule has 2 aromatic carbocycles. The molecule has 0 bridgehead atoms. The third kappa shape index (κ3) is 4.83. The van der Waals surface area contributed by atoms with Crippen molar-refractivity contribution >= 4 is 12.4 Å². The van der Waals surface area contributed by atoms with Gasteiger partial charge in [-0.15, -0.1) is 12.4 Å². The number of methoxy groups -OCH3 is 1. The van der Waals surface area contributed by atoms with E-state index in [2.05, 4.69) is 5.32 Å². The molecule has 4 heteroatoms. The Balaban J connectivity index is 0.00000200. The van der Waals surface area contributed by atoms with Crippen LogP contribution >= 0.6 is 12.4 Å². The van der Waals surface area contributed by atoms with Crippen LogP contribution in [0.25, 0.3) is 0 Å². The van der Waals surface area contributed by atoms with Gasteiger partial charge in [-0.05, 0) is 36.7 Å². The van der Waals surface area contributed by atoms with Crippen LogP contribution in [0.15, 0.2) is 48.5 Å². The van der Waals surface area contributed by atoms with Crippen LogP contribution in [0.2, 0.25) is 0 Å². The Hall–Kier alpha value is -1.58. The van der Waals surface area contributed by atoms with Crippen molar-refractivity contribution in [1.29, 1.82) is 0 Å². The molecule has 0 heterocycles. The summed E-state index contributed by atoms with van der Waals surface area (Å²) in [7, 11) is 1.66. The minimum absolute atomic E-state index is 0. The van der Waals surface area contributed by atoms with E-state index in [1.54, 1.807) is 19.2 Å². The van der Waals surface area contributed by atoms with E-state index >= 15 is 0 Å². The van der Waals surface area contributed by atoms with Gasteiger partial charge in [-0.3, -0.25) is 0 Å². The average molecular weight is 296 g/mol. The Labute approximate surface area is 125 Å². The van der Waals surface area contributed by atoms with Crippen molar-refractivity contribution in [3.8, 4) is 5.75 Å². The van der Waals surface area contributed by atoms with Crippen molar-refractivity contribution in [2.24, 2.45) is 0 Å². The van der Waals surface area contributed by atoms with E-state index in [-0.39, 0.29) is 18.2 Å². The highest BCUT2D eigenvalue weighted by molar-refractivity contribution is 5.85. The Bertz CT molecular complexity index is 516. The molecule has 2 aromatic rings. The highest BCUT2D eigenvalue weighted by atomic mass is 35.5. The highest BCUT2D eigenvalue weighted by Crippen LogP contribution is 2.11. The average Bonchev–Trinajstić information content (AvgIpc) is 2.46. The molecule has 2 nitrogen and oxygen atoms in total. The predicted molar refractivity (Wildman–Crippen MR) is 82.1 cm³/mol. The molecular formula is C16H19ClFNO. The fourth-order valence-electron chi connectivity index (χ4n) is 1.89. The monoisotopic (exact) mass is 295 g/mol. The molecule has 0 aliphatic heterocycles. The molecule has 0 spiro atoms. The van der Waals surface area contributed by atoms with Crippen LogP contribution in [0.5, 0.6) is 5.75 Å². The lowest BCUT2D eigenvalue weighted by Crippen LogP contribution is -2.17. The molecule has 0 aliphatic rings. The quantitative estimate of drug-likeness (QED) is 0.822. The summed E-state index contributed by atoms with van der Waals surface area (Å²) in [5.41, 5.74) is 1.94. The molecule has 0 saturated carbocycles. The lowest BCUT2D eigenvalue weighted by Gasteiger charge is -2.06. The summed E-state index contributed by atoms with van der Waals surface area (Å²) in [4.78, 5) is 0. The first kappa shape index (κ1) is 16.5. The van der Waals surface area contributed by atoms with E-state index in [0.717, 1.165) is 18.7 Å². The number of rotatable bonds is 6. The van der Waals surface area contributed by atoms with Gasteiger partial charge in [0, 0.05) is 12.1 Å². The molecule has 108 valence electrons. The van der Waals surface area contributed by atoms with Gasteiger partial charge >= 0.3 is 0 Å². The maximum Gasteiger partial charge on any atom is 0.127 e. The van der Waals surface area contributed by atoms with Gasteiger partial charge in [0.2, 0.25) is 0 Å². The third-order valence-corrected chi connectivity index (χ3v) is 3.02. The van der Waals surface area contributed by atoms with Crippen LogP contribution in [0, 0.1) is 5.82 Å². The summed E-state index contributed by atoms with van der Waals surface area (Å²) in [6, 6.07) is 14.8. The van der Waals surface area contributed by atoms with E-state index in [4.69, 9.17) is 4.74 Å². The topological polar surface area (TPSA) is 21.3 Å². The molecule has 0 aliphatic carbocycles. The summed E-state index contributed by atoms with van der Waals surface area (Å²) in [6.07, 6.45) is 0.915. The summed E-state index contributed by atoms with van der Waals surface area (Å²) in [6.45, 7) is 1.38. The fourth-order valence-corrected chi connectivity index (χ4v) is 1.89. The highest BCUT2D eigenvalue weighted by Gasteiger charge is 1.99. The second-order valence-electron chi connectivity index (χ2n) is 4.37. The first-order valence-corrected chi connectivity index (χ1v) is 6.36. The van der Waals surface area contributed by atoms with Gasteiger partial charge < -0.3 is 10.1 Å². The molecule has 2 rings (SSSR count). The van der Waals surface area contributed by atoms with E-state index < -0.39 is 0 Å². The molecule has 0 unspecified atom stereocenters. The van der Waals surface area contributed by atoms with Crippen molar-refractivity contribution in [2.75, 3.05) is 13.7 Å². The molecule has 20 heavy (non-hydrogen) atoms. The van der Waals surface area contributed by atoms with Crippen molar-refractivity contribution in [1.82, 2.24) is 5.32 Å². The molecule has 0 fully saturated rings. The number of hydrogen-bond donors (Lipinski definition) is 1. The van der Waals surface area contributed by atoms with Crippen LogP contribution < -0.4 is 10.1 Å². The second kappa shape index (κ2) is 8.56. The van der Waals surface area contributed by atoms with Gasteiger partial charge in [-0.1, -0.05) is 30.3 Å². The Morgan fingerprint density at radius 2 is 1.75 bits per heavy atom. The van der Waals surface area contributed by atoms with Gasteiger partial charge in [0.1, 0.15) is 11.6 Å². The van der Waals surface area contributed by atoms with Gasteiger partial charge in [0.25, 0.3) is 0 Å². The molecule has 0 atom stereocenters. The largest absolute Gasteiger partial charge is 0.497 e. The molecule has 0 aromatic heterocycles. The molecule has 0 amide bonds. The van der Waals surface area contributed by atoms with Crippen LogP contribution in [0.4, 0.5) is 4.39 Å². The maximum atomic E-state index is 13.4. The fraction of sp³-hybridized carbons (Fsp3) is 0.250. The van der Waals surface area contributed by atoms with E-state index in [1.165, 1.54) is 11.6 Å². The minimum Gasteiger partial charge on any atom is -0.497 e. The summed E-state index contributed by atoms with van der Waals surface area (Å²) >= 11 is 0. The standard InChI is InChI=1S/C16H18FNO.ClH/c1-19-15-8-6-13(7-9-15)10-11-18-12-14-4-2-3-5-16(14)17;/h2-9,18H,10-12H2,1H3;1H. The first-order valence-electron chi connectivity index (χ1n) is 6.36. The molecule has 0 saturated heterocycles. The van der Waals surface area contributed by atoms with Gasteiger partial charge in [0.15, 0.2) is 0 Å². The number of halogens is 2. The normalized spacial score (nSPS) is 9.90. The predicted octanol–water partition coefficient (Wildman–Crippen LogP) is 3.59.